The third-order valence-corrected chi connectivity index (χ3v) is 4.87. The number of H-pyrrole nitrogens is 1. The lowest BCUT2D eigenvalue weighted by Crippen LogP contribution is -2.37. The predicted molar refractivity (Wildman–Crippen MR) is 99.5 cm³/mol. The molecule has 0 amide bonds. The van der Waals surface area contributed by atoms with Crippen molar-refractivity contribution >= 4 is 23.2 Å². The Morgan fingerprint density at radius 3 is 2.72 bits per heavy atom. The minimum Gasteiger partial charge on any atom is -0.506 e. The van der Waals surface area contributed by atoms with Crippen LogP contribution in [0.3, 0.4) is 0 Å². The van der Waals surface area contributed by atoms with Gasteiger partial charge in [0.15, 0.2) is 0 Å². The number of halogens is 2. The highest BCUT2D eigenvalue weighted by molar-refractivity contribution is 6.35. The van der Waals surface area contributed by atoms with Crippen LogP contribution < -0.4 is 5.56 Å². The van der Waals surface area contributed by atoms with Crippen LogP contribution in [0.2, 0.25) is 10.0 Å². The maximum absolute atomic E-state index is 12.5. The molecule has 0 saturated carbocycles. The molecule has 0 saturated heterocycles. The van der Waals surface area contributed by atoms with Gasteiger partial charge in [0, 0.05) is 42.1 Å². The number of rotatable bonds is 2. The lowest BCUT2D eigenvalue weighted by molar-refractivity contribution is 0.238. The first-order valence-corrected chi connectivity index (χ1v) is 8.92. The molecule has 2 heterocycles. The zero-order valence-electron chi connectivity index (χ0n) is 14.5. The minimum absolute atomic E-state index is 0.0342. The molecular weight excluding hydrogens is 361 g/mol. The summed E-state index contributed by atoms with van der Waals surface area (Å²) >= 11 is 12.0. The van der Waals surface area contributed by atoms with E-state index in [0.29, 0.717) is 41.5 Å². The Hall–Kier alpha value is -1.56. The van der Waals surface area contributed by atoms with Crippen molar-refractivity contribution in [1.29, 1.82) is 0 Å². The fourth-order valence-electron chi connectivity index (χ4n) is 2.95. The Morgan fingerprint density at radius 1 is 1.32 bits per heavy atom. The van der Waals surface area contributed by atoms with Crippen LogP contribution in [-0.4, -0.2) is 26.5 Å². The Kier molecular flexibility index (Phi) is 4.84. The first-order valence-electron chi connectivity index (χ1n) is 8.17. The fraction of sp³-hybridized carbons (Fsp3) is 0.444. The predicted octanol–water partition coefficient (Wildman–Crippen LogP) is 3.64. The quantitative estimate of drug-likeness (QED) is 0.832. The highest BCUT2D eigenvalue weighted by Gasteiger charge is 2.25. The second kappa shape index (κ2) is 6.63. The van der Waals surface area contributed by atoms with Gasteiger partial charge in [-0.05, 0) is 12.1 Å². The molecule has 1 aliphatic rings. The molecule has 2 aromatic rings. The monoisotopic (exact) mass is 381 g/mol. The molecule has 25 heavy (non-hydrogen) atoms. The van der Waals surface area contributed by atoms with Gasteiger partial charge in [-0.2, -0.15) is 0 Å². The van der Waals surface area contributed by atoms with Gasteiger partial charge < -0.3 is 10.1 Å². The van der Waals surface area contributed by atoms with Crippen LogP contribution in [0.5, 0.6) is 5.75 Å². The van der Waals surface area contributed by atoms with Gasteiger partial charge in [0.1, 0.15) is 11.6 Å². The number of hydrogen-bond acceptors (Lipinski definition) is 4. The van der Waals surface area contributed by atoms with Crippen LogP contribution in [0, 0.1) is 0 Å². The normalized spacial score (nSPS) is 15.2. The third kappa shape index (κ3) is 3.84. The van der Waals surface area contributed by atoms with E-state index in [1.54, 1.807) is 6.07 Å². The zero-order chi connectivity index (χ0) is 18.4. The average Bonchev–Trinajstić information content (AvgIpc) is 2.51. The van der Waals surface area contributed by atoms with Gasteiger partial charge in [0.05, 0.1) is 16.3 Å². The first kappa shape index (κ1) is 18.2. The van der Waals surface area contributed by atoms with Gasteiger partial charge in [0.2, 0.25) is 0 Å². The third-order valence-electron chi connectivity index (χ3n) is 4.36. The summed E-state index contributed by atoms with van der Waals surface area (Å²) in [5, 5.41) is 10.8. The number of benzene rings is 1. The Bertz CT molecular complexity index is 872. The smallest absolute Gasteiger partial charge is 0.255 e. The summed E-state index contributed by atoms with van der Waals surface area (Å²) in [6, 6.07) is 3.21. The molecule has 0 atom stereocenters. The molecule has 1 aromatic heterocycles. The SMILES string of the molecule is CC(C)(C)c1nc2c(c(=O)[nH]1)CN(Cc1cc(Cl)cc(Cl)c1O)CC2. The molecule has 5 nitrogen and oxygen atoms in total. The van der Waals surface area contributed by atoms with Crippen molar-refractivity contribution < 1.29 is 5.11 Å². The summed E-state index contributed by atoms with van der Waals surface area (Å²) in [5.41, 5.74) is 1.91. The van der Waals surface area contributed by atoms with E-state index in [4.69, 9.17) is 23.2 Å². The summed E-state index contributed by atoms with van der Waals surface area (Å²) in [7, 11) is 0. The minimum atomic E-state index is -0.200. The highest BCUT2D eigenvalue weighted by Crippen LogP contribution is 2.32. The molecule has 0 fully saturated rings. The van der Waals surface area contributed by atoms with Gasteiger partial charge >= 0.3 is 0 Å². The Labute approximate surface area is 156 Å². The van der Waals surface area contributed by atoms with Crippen LogP contribution in [-0.2, 0) is 24.9 Å². The number of nitrogens with zero attached hydrogens (tertiary/aromatic N) is 2. The topological polar surface area (TPSA) is 69.2 Å². The lowest BCUT2D eigenvalue weighted by atomic mass is 9.95. The molecule has 1 aromatic carbocycles. The van der Waals surface area contributed by atoms with Crippen LogP contribution in [0.4, 0.5) is 0 Å². The number of aromatic hydroxyl groups is 1. The standard InChI is InChI=1S/C18H21Cl2N3O2/c1-18(2,3)17-21-14-4-5-23(9-12(14)16(25)22-17)8-10-6-11(19)7-13(20)15(10)24/h6-7,24H,4-5,8-9H2,1-3H3,(H,21,22,25). The van der Waals surface area contributed by atoms with E-state index in [9.17, 15) is 9.90 Å². The second-order valence-electron chi connectivity index (χ2n) is 7.45. The number of aromatic amines is 1. The summed E-state index contributed by atoms with van der Waals surface area (Å²) in [6.45, 7) is 7.77. The number of fused-ring (bicyclic) bond motifs is 1. The summed E-state index contributed by atoms with van der Waals surface area (Å²) in [5.74, 6) is 0.746. The molecule has 2 N–H and O–H groups in total. The lowest BCUT2D eigenvalue weighted by Gasteiger charge is -2.29. The molecule has 0 aliphatic carbocycles. The molecule has 0 spiro atoms. The van der Waals surface area contributed by atoms with Crippen LogP contribution in [0.15, 0.2) is 16.9 Å². The number of phenols is 1. The average molecular weight is 382 g/mol. The van der Waals surface area contributed by atoms with Crippen molar-refractivity contribution in [3.63, 3.8) is 0 Å². The van der Waals surface area contributed by atoms with E-state index in [1.807, 2.05) is 20.8 Å². The van der Waals surface area contributed by atoms with Crippen molar-refractivity contribution in [2.24, 2.45) is 0 Å². The van der Waals surface area contributed by atoms with Crippen molar-refractivity contribution in [3.8, 4) is 5.75 Å². The van der Waals surface area contributed by atoms with Crippen LogP contribution in [0.25, 0.3) is 0 Å². The summed E-state index contributed by atoms with van der Waals surface area (Å²) in [4.78, 5) is 22.1. The van der Waals surface area contributed by atoms with Gasteiger partial charge in [-0.3, -0.25) is 9.69 Å². The molecule has 0 radical (unpaired) electrons. The van der Waals surface area contributed by atoms with Crippen molar-refractivity contribution in [2.45, 2.75) is 45.7 Å². The molecule has 7 heteroatoms. The van der Waals surface area contributed by atoms with Gasteiger partial charge in [-0.15, -0.1) is 0 Å². The van der Waals surface area contributed by atoms with E-state index in [-0.39, 0.29) is 21.7 Å². The maximum atomic E-state index is 12.5. The maximum Gasteiger partial charge on any atom is 0.255 e. The van der Waals surface area contributed by atoms with E-state index in [2.05, 4.69) is 14.9 Å². The van der Waals surface area contributed by atoms with E-state index < -0.39 is 0 Å². The molecule has 134 valence electrons. The van der Waals surface area contributed by atoms with Gasteiger partial charge in [-0.25, -0.2) is 4.98 Å². The van der Waals surface area contributed by atoms with Crippen molar-refractivity contribution in [3.05, 3.63) is 55.2 Å². The molecule has 3 rings (SSSR count). The van der Waals surface area contributed by atoms with Crippen LogP contribution in [0.1, 0.15) is 43.4 Å². The molecular formula is C18H21Cl2N3O2. The van der Waals surface area contributed by atoms with E-state index in [1.165, 1.54) is 6.07 Å². The number of nitrogens with one attached hydrogen (secondary N) is 1. The Morgan fingerprint density at radius 2 is 2.04 bits per heavy atom. The Balaban J connectivity index is 1.86. The molecule has 0 unspecified atom stereocenters. The molecule has 1 aliphatic heterocycles. The summed E-state index contributed by atoms with van der Waals surface area (Å²) < 4.78 is 0. The number of hydrogen-bond donors (Lipinski definition) is 2. The number of phenolic OH excluding ortho intramolecular Hbond substituents is 1. The first-order chi connectivity index (χ1) is 11.6. The zero-order valence-corrected chi connectivity index (χ0v) is 16.0. The van der Waals surface area contributed by atoms with Gasteiger partial charge in [-0.1, -0.05) is 44.0 Å². The fourth-order valence-corrected chi connectivity index (χ4v) is 3.49. The number of aromatic nitrogens is 2. The second-order valence-corrected chi connectivity index (χ2v) is 8.29. The van der Waals surface area contributed by atoms with E-state index in [0.717, 1.165) is 12.2 Å². The van der Waals surface area contributed by atoms with Crippen molar-refractivity contribution in [1.82, 2.24) is 14.9 Å². The van der Waals surface area contributed by atoms with Crippen molar-refractivity contribution in [2.75, 3.05) is 6.54 Å². The van der Waals surface area contributed by atoms with Gasteiger partial charge in [0.25, 0.3) is 5.56 Å². The largest absolute Gasteiger partial charge is 0.506 e. The van der Waals surface area contributed by atoms with E-state index >= 15 is 0 Å². The summed E-state index contributed by atoms with van der Waals surface area (Å²) in [6.07, 6.45) is 0.692. The molecule has 0 bridgehead atoms. The highest BCUT2D eigenvalue weighted by atomic mass is 35.5. The van der Waals surface area contributed by atoms with Crippen LogP contribution >= 0.6 is 23.2 Å².